The molecule has 0 aromatic heterocycles. The number of aliphatic hydroxyl groups excluding tert-OH is 1. The van der Waals surface area contributed by atoms with E-state index in [1.165, 1.54) is 0 Å². The van der Waals surface area contributed by atoms with E-state index < -0.39 is 5.41 Å². The molecule has 0 aromatic rings. The van der Waals surface area contributed by atoms with E-state index in [1.54, 1.807) is 0 Å². The van der Waals surface area contributed by atoms with Crippen LogP contribution in [0.15, 0.2) is 0 Å². The van der Waals surface area contributed by atoms with E-state index in [2.05, 4.69) is 5.32 Å². The average molecular weight is 226 g/mol. The van der Waals surface area contributed by atoms with Crippen LogP contribution in [-0.4, -0.2) is 30.2 Å². The lowest BCUT2D eigenvalue weighted by Crippen LogP contribution is -2.48. The average Bonchev–Trinajstić information content (AvgIpc) is 2.98. The quantitative estimate of drug-likeness (QED) is 0.649. The van der Waals surface area contributed by atoms with Crippen molar-refractivity contribution in [2.45, 2.75) is 45.1 Å². The van der Waals surface area contributed by atoms with Crippen LogP contribution >= 0.6 is 0 Å². The predicted molar refractivity (Wildman–Crippen MR) is 61.7 cm³/mol. The summed E-state index contributed by atoms with van der Waals surface area (Å²) in [6.07, 6.45) is 4.90. The second kappa shape index (κ2) is 4.00. The number of aliphatic hydroxyl groups is 1. The second-order valence-electron chi connectivity index (χ2n) is 5.76. The molecule has 1 amide bonds. The Hall–Kier alpha value is -0.610. The molecule has 2 unspecified atom stereocenters. The van der Waals surface area contributed by atoms with Gasteiger partial charge in [0.2, 0.25) is 5.91 Å². The number of nitrogens with one attached hydrogen (secondary N) is 1. The van der Waals surface area contributed by atoms with Crippen molar-refractivity contribution >= 4 is 5.91 Å². The molecule has 2 atom stereocenters. The van der Waals surface area contributed by atoms with Crippen molar-refractivity contribution in [3.05, 3.63) is 0 Å². The molecule has 2 rings (SSSR count). The van der Waals surface area contributed by atoms with Crippen molar-refractivity contribution in [3.63, 3.8) is 0 Å². The Morgan fingerprint density at radius 3 is 2.62 bits per heavy atom. The molecule has 4 nitrogen and oxygen atoms in total. The van der Waals surface area contributed by atoms with Crippen molar-refractivity contribution in [1.82, 2.24) is 5.32 Å². The Balaban J connectivity index is 1.88. The van der Waals surface area contributed by atoms with Crippen LogP contribution < -0.4 is 11.1 Å². The zero-order valence-corrected chi connectivity index (χ0v) is 9.96. The van der Waals surface area contributed by atoms with E-state index in [-0.39, 0.29) is 24.0 Å². The lowest BCUT2D eigenvalue weighted by Gasteiger charge is -2.28. The van der Waals surface area contributed by atoms with Gasteiger partial charge in [-0.1, -0.05) is 6.42 Å². The van der Waals surface area contributed by atoms with Crippen LogP contribution in [0.4, 0.5) is 0 Å². The lowest BCUT2D eigenvalue weighted by atomic mass is 9.84. The largest absolute Gasteiger partial charge is 0.396 e. The SMILES string of the molecule is CC1(C(=O)NCC2(CO)CC2)CCCC1N. The fraction of sp³-hybridized carbons (Fsp3) is 0.917. The molecular weight excluding hydrogens is 204 g/mol. The van der Waals surface area contributed by atoms with Crippen LogP contribution in [0.5, 0.6) is 0 Å². The van der Waals surface area contributed by atoms with Gasteiger partial charge in [-0.25, -0.2) is 0 Å². The Kier molecular flexibility index (Phi) is 2.97. The highest BCUT2D eigenvalue weighted by atomic mass is 16.3. The monoisotopic (exact) mass is 226 g/mol. The third-order valence-corrected chi connectivity index (χ3v) is 4.46. The van der Waals surface area contributed by atoms with E-state index in [0.717, 1.165) is 32.1 Å². The van der Waals surface area contributed by atoms with Crippen LogP contribution in [0, 0.1) is 10.8 Å². The fourth-order valence-electron chi connectivity index (χ4n) is 2.51. The molecule has 0 aliphatic heterocycles. The van der Waals surface area contributed by atoms with Gasteiger partial charge in [0.1, 0.15) is 0 Å². The van der Waals surface area contributed by atoms with Gasteiger partial charge in [0, 0.05) is 18.0 Å². The van der Waals surface area contributed by atoms with Crippen molar-refractivity contribution in [2.75, 3.05) is 13.2 Å². The van der Waals surface area contributed by atoms with Crippen LogP contribution in [-0.2, 0) is 4.79 Å². The van der Waals surface area contributed by atoms with Crippen molar-refractivity contribution < 1.29 is 9.90 Å². The van der Waals surface area contributed by atoms with Gasteiger partial charge < -0.3 is 16.2 Å². The summed E-state index contributed by atoms with van der Waals surface area (Å²) in [6, 6.07) is -0.0169. The smallest absolute Gasteiger partial charge is 0.227 e. The Bertz CT molecular complexity index is 289. The maximum absolute atomic E-state index is 12.1. The first-order valence-corrected chi connectivity index (χ1v) is 6.17. The number of hydrogen-bond donors (Lipinski definition) is 3. The van der Waals surface area contributed by atoms with Crippen LogP contribution in [0.2, 0.25) is 0 Å². The maximum Gasteiger partial charge on any atom is 0.227 e. The molecule has 16 heavy (non-hydrogen) atoms. The van der Waals surface area contributed by atoms with Gasteiger partial charge in [-0.3, -0.25) is 4.79 Å². The van der Waals surface area contributed by atoms with Crippen molar-refractivity contribution in [2.24, 2.45) is 16.6 Å². The molecule has 92 valence electrons. The summed E-state index contributed by atoms with van der Waals surface area (Å²) in [6.45, 7) is 2.74. The van der Waals surface area contributed by atoms with E-state index in [9.17, 15) is 9.90 Å². The molecule has 2 aliphatic carbocycles. The Morgan fingerprint density at radius 1 is 1.50 bits per heavy atom. The Labute approximate surface area is 96.6 Å². The zero-order chi connectivity index (χ0) is 11.8. The van der Waals surface area contributed by atoms with E-state index in [0.29, 0.717) is 6.54 Å². The normalized spacial score (nSPS) is 36.1. The third-order valence-electron chi connectivity index (χ3n) is 4.46. The second-order valence-corrected chi connectivity index (χ2v) is 5.76. The van der Waals surface area contributed by atoms with E-state index in [1.807, 2.05) is 6.92 Å². The minimum Gasteiger partial charge on any atom is -0.396 e. The molecule has 2 aliphatic rings. The molecule has 0 aromatic carbocycles. The molecule has 0 spiro atoms. The number of carbonyl (C=O) groups excluding carboxylic acids is 1. The number of hydrogen-bond acceptors (Lipinski definition) is 3. The van der Waals surface area contributed by atoms with E-state index >= 15 is 0 Å². The van der Waals surface area contributed by atoms with Gasteiger partial charge in [-0.2, -0.15) is 0 Å². The van der Waals surface area contributed by atoms with Crippen LogP contribution in [0.1, 0.15) is 39.0 Å². The summed E-state index contributed by atoms with van der Waals surface area (Å²) in [5.74, 6) is 0.0669. The van der Waals surface area contributed by atoms with Crippen LogP contribution in [0.3, 0.4) is 0 Å². The van der Waals surface area contributed by atoms with Gasteiger partial charge in [0.05, 0.1) is 12.0 Å². The van der Waals surface area contributed by atoms with Gasteiger partial charge in [-0.15, -0.1) is 0 Å². The van der Waals surface area contributed by atoms with Crippen molar-refractivity contribution in [1.29, 1.82) is 0 Å². The number of carbonyl (C=O) groups is 1. The first-order valence-electron chi connectivity index (χ1n) is 6.17. The number of nitrogens with two attached hydrogens (primary N) is 1. The molecule has 4 N–H and O–H groups in total. The van der Waals surface area contributed by atoms with Crippen LogP contribution in [0.25, 0.3) is 0 Å². The minimum atomic E-state index is -0.397. The Morgan fingerprint density at radius 2 is 2.19 bits per heavy atom. The molecule has 0 radical (unpaired) electrons. The lowest BCUT2D eigenvalue weighted by molar-refractivity contribution is -0.130. The summed E-state index contributed by atoms with van der Waals surface area (Å²) in [7, 11) is 0. The van der Waals surface area contributed by atoms with Crippen molar-refractivity contribution in [3.8, 4) is 0 Å². The van der Waals surface area contributed by atoms with Gasteiger partial charge in [0.15, 0.2) is 0 Å². The standard InChI is InChI=1S/C12H22N2O2/c1-11(4-2-3-9(11)13)10(16)14-7-12(8-15)5-6-12/h9,15H,2-8,13H2,1H3,(H,14,16). The highest BCUT2D eigenvalue weighted by molar-refractivity contribution is 5.83. The molecule has 0 saturated heterocycles. The predicted octanol–water partition coefficient (Wildman–Crippen LogP) is 0.393. The topological polar surface area (TPSA) is 75.3 Å². The summed E-state index contributed by atoms with van der Waals surface area (Å²) < 4.78 is 0. The first kappa shape index (κ1) is 11.9. The summed E-state index contributed by atoms with van der Waals surface area (Å²) in [5.41, 5.74) is 5.57. The highest BCUT2D eigenvalue weighted by Gasteiger charge is 2.46. The number of amides is 1. The summed E-state index contributed by atoms with van der Waals surface area (Å²) in [5, 5.41) is 12.1. The molecule has 0 heterocycles. The van der Waals surface area contributed by atoms with Gasteiger partial charge in [-0.05, 0) is 32.6 Å². The third kappa shape index (κ3) is 1.96. The first-order chi connectivity index (χ1) is 7.52. The highest BCUT2D eigenvalue weighted by Crippen LogP contribution is 2.44. The zero-order valence-electron chi connectivity index (χ0n) is 9.96. The van der Waals surface area contributed by atoms with Gasteiger partial charge in [0.25, 0.3) is 0 Å². The van der Waals surface area contributed by atoms with Gasteiger partial charge >= 0.3 is 0 Å². The molecule has 0 bridgehead atoms. The minimum absolute atomic E-state index is 0.0169. The van der Waals surface area contributed by atoms with E-state index in [4.69, 9.17) is 5.73 Å². The molecule has 2 fully saturated rings. The fourth-order valence-corrected chi connectivity index (χ4v) is 2.51. The molecular formula is C12H22N2O2. The molecule has 2 saturated carbocycles. The number of rotatable bonds is 4. The summed E-state index contributed by atoms with van der Waals surface area (Å²) in [4.78, 5) is 12.1. The molecule has 4 heteroatoms. The maximum atomic E-state index is 12.1. The summed E-state index contributed by atoms with van der Waals surface area (Å²) >= 11 is 0.